The van der Waals surface area contributed by atoms with Crippen molar-refractivity contribution in [3.8, 4) is 0 Å². The molecule has 0 spiro atoms. The van der Waals surface area contributed by atoms with Gasteiger partial charge in [-0.2, -0.15) is 0 Å². The van der Waals surface area contributed by atoms with Crippen LogP contribution in [0.1, 0.15) is 12.5 Å². The summed E-state index contributed by atoms with van der Waals surface area (Å²) in [4.78, 5) is 0. The Morgan fingerprint density at radius 3 is 2.92 bits per heavy atom. The van der Waals surface area contributed by atoms with Crippen molar-refractivity contribution >= 4 is 55.6 Å². The van der Waals surface area contributed by atoms with E-state index in [0.29, 0.717) is 0 Å². The third-order valence-electron chi connectivity index (χ3n) is 2.06. The first-order valence-corrected chi connectivity index (χ1v) is 6.36. The van der Waals surface area contributed by atoms with Crippen LogP contribution in [0.15, 0.2) is 18.2 Å². The van der Waals surface area contributed by atoms with E-state index in [1.807, 2.05) is 6.07 Å². The van der Waals surface area contributed by atoms with Gasteiger partial charge in [0, 0.05) is 8.27 Å². The summed E-state index contributed by atoms with van der Waals surface area (Å²) in [6, 6.07) is 6.37. The lowest BCUT2D eigenvalue weighted by Gasteiger charge is -2.00. The third-order valence-corrected chi connectivity index (χ3v) is 4.95. The van der Waals surface area contributed by atoms with Gasteiger partial charge in [-0.1, -0.05) is 30.7 Å². The van der Waals surface area contributed by atoms with Crippen LogP contribution < -0.4 is 0 Å². The number of aryl methyl sites for hydroxylation is 1. The van der Waals surface area contributed by atoms with Gasteiger partial charge in [0.05, 0.1) is 4.34 Å². The Morgan fingerprint density at radius 2 is 2.23 bits per heavy atom. The molecule has 0 fully saturated rings. The molecule has 1 heterocycles. The fraction of sp³-hybridized carbons (Fsp3) is 0.200. The lowest BCUT2D eigenvalue weighted by molar-refractivity contribution is 1.14. The molecule has 0 nitrogen and oxygen atoms in total. The predicted octanol–water partition coefficient (Wildman–Crippen LogP) is 4.72. The zero-order valence-corrected chi connectivity index (χ0v) is 10.8. The molecule has 68 valence electrons. The summed E-state index contributed by atoms with van der Waals surface area (Å²) in [5.41, 5.74) is 1.41. The largest absolute Gasteiger partial charge is 0.122 e. The molecule has 2 aromatic rings. The molecule has 0 aliphatic carbocycles. The number of thiophene rings is 1. The summed E-state index contributed by atoms with van der Waals surface area (Å²) in [6.45, 7) is 2.18. The van der Waals surface area contributed by atoms with E-state index >= 15 is 0 Å². The highest BCUT2D eigenvalue weighted by molar-refractivity contribution is 14.1. The minimum Gasteiger partial charge on any atom is -0.122 e. The van der Waals surface area contributed by atoms with Crippen LogP contribution in [0.2, 0.25) is 4.34 Å². The molecule has 0 saturated carbocycles. The van der Waals surface area contributed by atoms with Crippen molar-refractivity contribution in [2.45, 2.75) is 13.3 Å². The molecule has 0 bridgehead atoms. The van der Waals surface area contributed by atoms with Crippen LogP contribution in [0, 0.1) is 3.57 Å². The maximum Gasteiger partial charge on any atom is 0.0941 e. The third kappa shape index (κ3) is 1.72. The van der Waals surface area contributed by atoms with Crippen molar-refractivity contribution in [3.63, 3.8) is 0 Å². The number of rotatable bonds is 1. The van der Waals surface area contributed by atoms with Gasteiger partial charge in [0.25, 0.3) is 0 Å². The smallest absolute Gasteiger partial charge is 0.0941 e. The Balaban J connectivity index is 2.78. The van der Waals surface area contributed by atoms with E-state index < -0.39 is 0 Å². The monoisotopic (exact) mass is 322 g/mol. The zero-order chi connectivity index (χ0) is 9.42. The van der Waals surface area contributed by atoms with Crippen molar-refractivity contribution in [2.75, 3.05) is 0 Å². The van der Waals surface area contributed by atoms with Crippen molar-refractivity contribution in [1.82, 2.24) is 0 Å². The average Bonchev–Trinajstić information content (AvgIpc) is 2.47. The van der Waals surface area contributed by atoms with Gasteiger partial charge in [0.2, 0.25) is 0 Å². The molecule has 0 radical (unpaired) electrons. The summed E-state index contributed by atoms with van der Waals surface area (Å²) in [5.74, 6) is 0. The normalized spacial score (nSPS) is 11.0. The fourth-order valence-corrected chi connectivity index (χ4v) is 3.75. The van der Waals surface area contributed by atoms with Crippen LogP contribution >= 0.6 is 45.5 Å². The molecule has 0 amide bonds. The molecule has 13 heavy (non-hydrogen) atoms. The molecule has 0 saturated heterocycles. The molecule has 0 aliphatic rings. The summed E-state index contributed by atoms with van der Waals surface area (Å²) in [5, 5.41) is 1.26. The number of benzene rings is 1. The van der Waals surface area contributed by atoms with Crippen molar-refractivity contribution < 1.29 is 0 Å². The van der Waals surface area contributed by atoms with Gasteiger partial charge >= 0.3 is 0 Å². The first kappa shape index (κ1) is 9.74. The standard InChI is InChI=1S/C10H8ClIS/c1-2-6-3-4-7-5-8(11)13-10(7)9(6)12/h3-5H,2H2,1H3. The quantitative estimate of drug-likeness (QED) is 0.666. The Bertz CT molecular complexity index is 447. The van der Waals surface area contributed by atoms with Crippen molar-refractivity contribution in [2.24, 2.45) is 0 Å². The zero-order valence-electron chi connectivity index (χ0n) is 7.10. The number of fused-ring (bicyclic) bond motifs is 1. The Labute approximate surface area is 100 Å². The van der Waals surface area contributed by atoms with E-state index in [9.17, 15) is 0 Å². The predicted molar refractivity (Wildman–Crippen MR) is 68.9 cm³/mol. The maximum atomic E-state index is 5.97. The van der Waals surface area contributed by atoms with Crippen molar-refractivity contribution in [3.05, 3.63) is 31.7 Å². The van der Waals surface area contributed by atoms with Crippen molar-refractivity contribution in [1.29, 1.82) is 0 Å². The Hall–Kier alpha value is 0.200. The van der Waals surface area contributed by atoms with E-state index in [4.69, 9.17) is 11.6 Å². The fourth-order valence-electron chi connectivity index (χ4n) is 1.35. The number of halogens is 2. The minimum absolute atomic E-state index is 0.876. The molecule has 0 aliphatic heterocycles. The highest BCUT2D eigenvalue weighted by atomic mass is 127. The van der Waals surface area contributed by atoms with Crippen LogP contribution in [0.3, 0.4) is 0 Å². The second-order valence-electron chi connectivity index (χ2n) is 2.86. The topological polar surface area (TPSA) is 0 Å². The van der Waals surface area contributed by atoms with Crippen LogP contribution in [0.5, 0.6) is 0 Å². The maximum absolute atomic E-state index is 5.97. The molecule has 1 aromatic carbocycles. The lowest BCUT2D eigenvalue weighted by atomic mass is 10.1. The van der Waals surface area contributed by atoms with E-state index in [0.717, 1.165) is 10.8 Å². The Morgan fingerprint density at radius 1 is 1.46 bits per heavy atom. The van der Waals surface area contributed by atoms with Crippen LogP contribution in [0.25, 0.3) is 10.1 Å². The van der Waals surface area contributed by atoms with Gasteiger partial charge in [-0.3, -0.25) is 0 Å². The second kappa shape index (κ2) is 3.75. The molecular weight excluding hydrogens is 315 g/mol. The summed E-state index contributed by atoms with van der Waals surface area (Å²) in [6.07, 6.45) is 1.09. The molecule has 3 heteroatoms. The van der Waals surface area contributed by atoms with Gasteiger partial charge in [0.1, 0.15) is 0 Å². The number of hydrogen-bond donors (Lipinski definition) is 0. The van der Waals surface area contributed by atoms with E-state index in [1.54, 1.807) is 11.3 Å². The summed E-state index contributed by atoms with van der Waals surface area (Å²) in [7, 11) is 0. The summed E-state index contributed by atoms with van der Waals surface area (Å²) < 4.78 is 3.56. The Kier molecular flexibility index (Phi) is 2.81. The molecule has 0 N–H and O–H groups in total. The van der Waals surface area contributed by atoms with Gasteiger partial charge < -0.3 is 0 Å². The lowest BCUT2D eigenvalue weighted by Crippen LogP contribution is -1.84. The van der Waals surface area contributed by atoms with Gasteiger partial charge in [-0.05, 0) is 46.0 Å². The van der Waals surface area contributed by atoms with Crippen LogP contribution in [-0.2, 0) is 6.42 Å². The van der Waals surface area contributed by atoms with Crippen LogP contribution in [0.4, 0.5) is 0 Å². The molecular formula is C10H8ClIS. The van der Waals surface area contributed by atoms with Gasteiger partial charge in [0.15, 0.2) is 0 Å². The first-order valence-electron chi connectivity index (χ1n) is 4.08. The minimum atomic E-state index is 0.876. The van der Waals surface area contributed by atoms with E-state index in [-0.39, 0.29) is 0 Å². The highest BCUT2D eigenvalue weighted by Crippen LogP contribution is 2.34. The average molecular weight is 323 g/mol. The number of hydrogen-bond acceptors (Lipinski definition) is 1. The highest BCUT2D eigenvalue weighted by Gasteiger charge is 2.06. The van der Waals surface area contributed by atoms with Gasteiger partial charge in [-0.15, -0.1) is 11.3 Å². The van der Waals surface area contributed by atoms with E-state index in [1.165, 1.54) is 19.2 Å². The van der Waals surface area contributed by atoms with Crippen LogP contribution in [-0.4, -0.2) is 0 Å². The molecule has 1 aromatic heterocycles. The molecule has 0 unspecified atom stereocenters. The van der Waals surface area contributed by atoms with E-state index in [2.05, 4.69) is 41.6 Å². The molecule has 0 atom stereocenters. The second-order valence-corrected chi connectivity index (χ2v) is 5.62. The summed E-state index contributed by atoms with van der Waals surface area (Å²) >= 11 is 10.0. The SMILES string of the molecule is CCc1ccc2cc(Cl)sc2c1I. The first-order chi connectivity index (χ1) is 6.22. The van der Waals surface area contributed by atoms with Gasteiger partial charge in [-0.25, -0.2) is 0 Å². The molecule has 2 rings (SSSR count).